The highest BCUT2D eigenvalue weighted by molar-refractivity contribution is 6.30. The average molecular weight is 302 g/mol. The van der Waals surface area contributed by atoms with E-state index in [9.17, 15) is 4.39 Å². The number of halogens is 2. The second-order valence-electron chi connectivity index (χ2n) is 4.83. The Hall–Kier alpha value is -2.13. The van der Waals surface area contributed by atoms with Crippen LogP contribution in [0.3, 0.4) is 0 Å². The second kappa shape index (κ2) is 5.70. The fourth-order valence-electron chi connectivity index (χ4n) is 2.31. The van der Waals surface area contributed by atoms with Gasteiger partial charge in [-0.05, 0) is 24.1 Å². The Labute approximate surface area is 127 Å². The highest BCUT2D eigenvalue weighted by Crippen LogP contribution is 2.31. The van der Waals surface area contributed by atoms with Crippen LogP contribution in [0.15, 0.2) is 48.5 Å². The molecule has 0 saturated heterocycles. The van der Waals surface area contributed by atoms with E-state index in [1.807, 2.05) is 37.3 Å². The molecule has 0 amide bonds. The third-order valence-corrected chi connectivity index (χ3v) is 3.43. The molecule has 2 nitrogen and oxygen atoms in total. The molecular weight excluding hydrogens is 289 g/mol. The number of hydrogen-bond acceptors (Lipinski definition) is 2. The Balaban J connectivity index is 2.01. The third kappa shape index (κ3) is 2.98. The predicted molar refractivity (Wildman–Crippen MR) is 82.2 cm³/mol. The first-order valence-electron chi connectivity index (χ1n) is 6.56. The molecule has 21 heavy (non-hydrogen) atoms. The number of pyridine rings is 1. The third-order valence-electron chi connectivity index (χ3n) is 3.24. The van der Waals surface area contributed by atoms with E-state index in [2.05, 4.69) is 4.98 Å². The summed E-state index contributed by atoms with van der Waals surface area (Å²) in [6.07, 6.45) is 0. The first kappa shape index (κ1) is 13.8. The Bertz CT molecular complexity index is 784. The number of fused-ring (bicyclic) bond motifs is 1. The molecule has 0 N–H and O–H groups in total. The number of rotatable bonds is 3. The fraction of sp³-hybridized carbons (Fsp3) is 0.118. The minimum Gasteiger partial charge on any atom is -0.488 e. The van der Waals surface area contributed by atoms with Gasteiger partial charge in [0.15, 0.2) is 0 Å². The van der Waals surface area contributed by atoms with Crippen LogP contribution in [-0.2, 0) is 6.61 Å². The van der Waals surface area contributed by atoms with Gasteiger partial charge in [0.1, 0.15) is 23.3 Å². The Kier molecular flexibility index (Phi) is 3.76. The van der Waals surface area contributed by atoms with Crippen LogP contribution in [0.5, 0.6) is 5.75 Å². The molecule has 4 heteroatoms. The molecule has 0 aliphatic heterocycles. The number of aryl methyl sites for hydroxylation is 1. The maximum atomic E-state index is 13.5. The van der Waals surface area contributed by atoms with Crippen molar-refractivity contribution < 1.29 is 9.13 Å². The van der Waals surface area contributed by atoms with Crippen molar-refractivity contribution in [2.24, 2.45) is 0 Å². The summed E-state index contributed by atoms with van der Waals surface area (Å²) in [6, 6.07) is 14.3. The average Bonchev–Trinajstić information content (AvgIpc) is 2.44. The molecule has 2 aromatic carbocycles. The van der Waals surface area contributed by atoms with Crippen LogP contribution in [0.25, 0.3) is 10.9 Å². The Morgan fingerprint density at radius 1 is 1.14 bits per heavy atom. The van der Waals surface area contributed by atoms with Crippen molar-refractivity contribution in [1.82, 2.24) is 4.98 Å². The largest absolute Gasteiger partial charge is 0.488 e. The van der Waals surface area contributed by atoms with Crippen LogP contribution in [0.1, 0.15) is 11.1 Å². The lowest BCUT2D eigenvalue weighted by molar-refractivity contribution is 0.310. The number of hydrogen-bond donors (Lipinski definition) is 0. The monoisotopic (exact) mass is 301 g/mol. The van der Waals surface area contributed by atoms with Crippen molar-refractivity contribution in [2.75, 3.05) is 0 Å². The zero-order valence-electron chi connectivity index (χ0n) is 11.4. The summed E-state index contributed by atoms with van der Waals surface area (Å²) in [5.41, 5.74) is 2.33. The molecule has 0 unspecified atom stereocenters. The smallest absolute Gasteiger partial charge is 0.133 e. The number of nitrogens with zero attached hydrogens (tertiary/aromatic N) is 1. The van der Waals surface area contributed by atoms with Gasteiger partial charge in [-0.1, -0.05) is 41.9 Å². The van der Waals surface area contributed by atoms with Gasteiger partial charge in [-0.25, -0.2) is 9.37 Å². The topological polar surface area (TPSA) is 22.1 Å². The maximum Gasteiger partial charge on any atom is 0.133 e. The van der Waals surface area contributed by atoms with Gasteiger partial charge in [-0.15, -0.1) is 0 Å². The molecule has 0 aliphatic rings. The first-order valence-corrected chi connectivity index (χ1v) is 6.94. The van der Waals surface area contributed by atoms with Gasteiger partial charge in [-0.3, -0.25) is 0 Å². The molecule has 1 aromatic heterocycles. The molecular formula is C17H13ClFNO. The van der Waals surface area contributed by atoms with Gasteiger partial charge >= 0.3 is 0 Å². The van der Waals surface area contributed by atoms with E-state index in [0.717, 1.165) is 16.5 Å². The van der Waals surface area contributed by atoms with E-state index in [1.165, 1.54) is 12.1 Å². The Morgan fingerprint density at radius 3 is 2.67 bits per heavy atom. The first-order chi connectivity index (χ1) is 10.1. The van der Waals surface area contributed by atoms with Gasteiger partial charge in [0.25, 0.3) is 0 Å². The second-order valence-corrected chi connectivity index (χ2v) is 5.22. The van der Waals surface area contributed by atoms with Gasteiger partial charge < -0.3 is 4.74 Å². The number of aromatic nitrogens is 1. The van der Waals surface area contributed by atoms with Crippen molar-refractivity contribution in [3.8, 4) is 5.75 Å². The van der Waals surface area contributed by atoms with Crippen molar-refractivity contribution in [3.63, 3.8) is 0 Å². The lowest BCUT2D eigenvalue weighted by Crippen LogP contribution is -1.98. The zero-order chi connectivity index (χ0) is 14.8. The quantitative estimate of drug-likeness (QED) is 0.641. The van der Waals surface area contributed by atoms with E-state index in [1.54, 1.807) is 6.07 Å². The minimum absolute atomic E-state index is 0.288. The lowest BCUT2D eigenvalue weighted by atomic mass is 10.1. The summed E-state index contributed by atoms with van der Waals surface area (Å²) < 4.78 is 19.3. The summed E-state index contributed by atoms with van der Waals surface area (Å²) in [5, 5.41) is 1.08. The summed E-state index contributed by atoms with van der Waals surface area (Å²) in [6.45, 7) is 2.25. The van der Waals surface area contributed by atoms with Crippen LogP contribution in [-0.4, -0.2) is 4.98 Å². The normalized spacial score (nSPS) is 10.8. The van der Waals surface area contributed by atoms with E-state index >= 15 is 0 Å². The zero-order valence-corrected chi connectivity index (χ0v) is 12.2. The van der Waals surface area contributed by atoms with Crippen molar-refractivity contribution >= 4 is 22.5 Å². The van der Waals surface area contributed by atoms with E-state index < -0.39 is 0 Å². The molecule has 106 valence electrons. The maximum absolute atomic E-state index is 13.5. The minimum atomic E-state index is -0.330. The fourth-order valence-corrected chi connectivity index (χ4v) is 2.50. The van der Waals surface area contributed by atoms with Crippen molar-refractivity contribution in [3.05, 3.63) is 70.6 Å². The Morgan fingerprint density at radius 2 is 1.90 bits per heavy atom. The van der Waals surface area contributed by atoms with Crippen LogP contribution in [0.4, 0.5) is 4.39 Å². The van der Waals surface area contributed by atoms with Crippen molar-refractivity contribution in [2.45, 2.75) is 13.5 Å². The molecule has 0 aliphatic carbocycles. The molecule has 3 aromatic rings. The molecule has 0 saturated carbocycles. The molecule has 3 rings (SSSR count). The molecule has 0 bridgehead atoms. The van der Waals surface area contributed by atoms with E-state index in [4.69, 9.17) is 16.3 Å². The lowest BCUT2D eigenvalue weighted by Gasteiger charge is -2.12. The van der Waals surface area contributed by atoms with Crippen LogP contribution < -0.4 is 4.74 Å². The van der Waals surface area contributed by atoms with Crippen molar-refractivity contribution in [1.29, 1.82) is 0 Å². The predicted octanol–water partition coefficient (Wildman–Crippen LogP) is 4.91. The van der Waals surface area contributed by atoms with Gasteiger partial charge in [0.05, 0.1) is 5.52 Å². The van der Waals surface area contributed by atoms with Gasteiger partial charge in [0.2, 0.25) is 0 Å². The van der Waals surface area contributed by atoms with Crippen LogP contribution in [0.2, 0.25) is 5.15 Å². The number of benzene rings is 2. The summed E-state index contributed by atoms with van der Waals surface area (Å²) in [5.74, 6) is 0.287. The molecule has 1 heterocycles. The van der Waals surface area contributed by atoms with Gasteiger partial charge in [0, 0.05) is 17.5 Å². The SMILES string of the molecule is Cc1cc(F)cc2nc(Cl)cc(OCc3ccccc3)c12. The van der Waals surface area contributed by atoms with E-state index in [0.29, 0.717) is 17.9 Å². The molecule has 0 radical (unpaired) electrons. The van der Waals surface area contributed by atoms with Gasteiger partial charge in [-0.2, -0.15) is 0 Å². The summed E-state index contributed by atoms with van der Waals surface area (Å²) >= 11 is 6.00. The van der Waals surface area contributed by atoms with Crippen LogP contribution in [0, 0.1) is 12.7 Å². The molecule has 0 fully saturated rings. The number of ether oxygens (including phenoxy) is 1. The highest BCUT2D eigenvalue weighted by Gasteiger charge is 2.11. The summed E-state index contributed by atoms with van der Waals surface area (Å²) in [4.78, 5) is 4.16. The summed E-state index contributed by atoms with van der Waals surface area (Å²) in [7, 11) is 0. The van der Waals surface area contributed by atoms with Crippen LogP contribution >= 0.6 is 11.6 Å². The standard InChI is InChI=1S/C17H13ClFNO/c1-11-7-13(19)8-14-17(11)15(9-16(18)20-14)21-10-12-5-3-2-4-6-12/h2-9H,10H2,1H3. The molecule has 0 atom stereocenters. The van der Waals surface area contributed by atoms with E-state index in [-0.39, 0.29) is 11.0 Å². The molecule has 0 spiro atoms. The highest BCUT2D eigenvalue weighted by atomic mass is 35.5.